The van der Waals surface area contributed by atoms with Crippen molar-refractivity contribution < 1.29 is 4.79 Å². The van der Waals surface area contributed by atoms with Crippen molar-refractivity contribution in [3.8, 4) is 5.82 Å². The summed E-state index contributed by atoms with van der Waals surface area (Å²) in [6.07, 6.45) is 5.38. The molecule has 0 radical (unpaired) electrons. The molecule has 3 aromatic rings. The molecule has 7 heteroatoms. The first kappa shape index (κ1) is 18.0. The lowest BCUT2D eigenvalue weighted by molar-refractivity contribution is 0.100. The summed E-state index contributed by atoms with van der Waals surface area (Å²) in [6.45, 7) is 8.40. The predicted octanol–water partition coefficient (Wildman–Crippen LogP) is 2.98. The molecule has 1 unspecified atom stereocenters. The number of amides is 1. The Morgan fingerprint density at radius 1 is 1.36 bits per heavy atom. The Kier molecular flexibility index (Phi) is 4.30. The fourth-order valence-corrected chi connectivity index (χ4v) is 3.99. The van der Waals surface area contributed by atoms with Crippen molar-refractivity contribution in [1.29, 1.82) is 0 Å². The third-order valence-corrected chi connectivity index (χ3v) is 4.98. The quantitative estimate of drug-likeness (QED) is 0.650. The summed E-state index contributed by atoms with van der Waals surface area (Å²) in [5.41, 5.74) is 7.86. The van der Waals surface area contributed by atoms with E-state index in [0.29, 0.717) is 11.5 Å². The van der Waals surface area contributed by atoms with E-state index in [4.69, 9.17) is 5.73 Å². The molecule has 0 bridgehead atoms. The molecule has 0 spiro atoms. The van der Waals surface area contributed by atoms with E-state index in [1.54, 1.807) is 12.3 Å². The number of nitrogens with two attached hydrogens (primary N) is 1. The number of piperidine rings is 1. The van der Waals surface area contributed by atoms with Gasteiger partial charge in [0.15, 0.2) is 0 Å². The maximum atomic E-state index is 11.7. The molecule has 1 saturated heterocycles. The molecule has 0 aliphatic carbocycles. The standard InChI is InChI=1S/C21H24N6O/c1-13-11-14(12-21(2,3)26-13)24-20-23-9-7-18(25-20)27-10-8-15-16(19(22)28)5-4-6-17(15)27/h4-10,14,26H,1,11-12H2,2-3H3,(H2,22,28)(H,23,24,25). The van der Waals surface area contributed by atoms with Crippen LogP contribution in [0.4, 0.5) is 5.95 Å². The second kappa shape index (κ2) is 6.67. The van der Waals surface area contributed by atoms with Crippen LogP contribution in [0.15, 0.2) is 55.0 Å². The molecule has 3 heterocycles. The Hall–Kier alpha value is -3.35. The van der Waals surface area contributed by atoms with Gasteiger partial charge in [0.25, 0.3) is 0 Å². The lowest BCUT2D eigenvalue weighted by atomic mass is 9.88. The van der Waals surface area contributed by atoms with Crippen molar-refractivity contribution in [3.05, 3.63) is 60.6 Å². The fraction of sp³-hybridized carbons (Fsp3) is 0.286. The monoisotopic (exact) mass is 376 g/mol. The summed E-state index contributed by atoms with van der Waals surface area (Å²) < 4.78 is 1.93. The molecule has 1 amide bonds. The Balaban J connectivity index is 1.65. The van der Waals surface area contributed by atoms with Gasteiger partial charge in [0.2, 0.25) is 11.9 Å². The van der Waals surface area contributed by atoms with E-state index in [1.807, 2.05) is 35.0 Å². The van der Waals surface area contributed by atoms with E-state index in [0.717, 1.165) is 35.3 Å². The van der Waals surface area contributed by atoms with Crippen LogP contribution in [0, 0.1) is 0 Å². The number of hydrogen-bond donors (Lipinski definition) is 3. The number of anilines is 1. The van der Waals surface area contributed by atoms with Crippen LogP contribution in [0.2, 0.25) is 0 Å². The molecule has 0 saturated carbocycles. The first-order valence-corrected chi connectivity index (χ1v) is 9.28. The summed E-state index contributed by atoms with van der Waals surface area (Å²) in [7, 11) is 0. The Labute approximate surface area is 163 Å². The number of carbonyl (C=O) groups is 1. The van der Waals surface area contributed by atoms with Crippen molar-refractivity contribution in [3.63, 3.8) is 0 Å². The number of fused-ring (bicyclic) bond motifs is 1. The van der Waals surface area contributed by atoms with Crippen LogP contribution in [0.5, 0.6) is 0 Å². The largest absolute Gasteiger partial charge is 0.384 e. The molecule has 2 aromatic heterocycles. The lowest BCUT2D eigenvalue weighted by Crippen LogP contribution is -2.48. The van der Waals surface area contributed by atoms with Gasteiger partial charge in [-0.2, -0.15) is 4.98 Å². The molecular formula is C21H24N6O. The fourth-order valence-electron chi connectivity index (χ4n) is 3.99. The van der Waals surface area contributed by atoms with Crippen molar-refractivity contribution in [2.24, 2.45) is 5.73 Å². The molecule has 1 aliphatic heterocycles. The number of hydrogen-bond acceptors (Lipinski definition) is 5. The number of carbonyl (C=O) groups excluding carboxylic acids is 1. The predicted molar refractivity (Wildman–Crippen MR) is 110 cm³/mol. The first-order chi connectivity index (χ1) is 13.3. The van der Waals surface area contributed by atoms with Crippen LogP contribution in [0.3, 0.4) is 0 Å². The maximum Gasteiger partial charge on any atom is 0.249 e. The summed E-state index contributed by atoms with van der Waals surface area (Å²) in [5.74, 6) is 0.851. The zero-order valence-electron chi connectivity index (χ0n) is 16.1. The van der Waals surface area contributed by atoms with Gasteiger partial charge >= 0.3 is 0 Å². The molecule has 4 N–H and O–H groups in total. The van der Waals surface area contributed by atoms with Crippen LogP contribution in [0.1, 0.15) is 37.0 Å². The molecule has 1 fully saturated rings. The van der Waals surface area contributed by atoms with Crippen molar-refractivity contribution in [2.75, 3.05) is 5.32 Å². The normalized spacial score (nSPS) is 18.6. The highest BCUT2D eigenvalue weighted by Crippen LogP contribution is 2.26. The number of rotatable bonds is 4. The minimum absolute atomic E-state index is 0.0214. The van der Waals surface area contributed by atoms with Gasteiger partial charge in [0, 0.05) is 47.0 Å². The van der Waals surface area contributed by atoms with Crippen LogP contribution >= 0.6 is 0 Å². The number of benzene rings is 1. The van der Waals surface area contributed by atoms with E-state index in [2.05, 4.69) is 41.0 Å². The van der Waals surface area contributed by atoms with Gasteiger partial charge in [-0.25, -0.2) is 4.98 Å². The van der Waals surface area contributed by atoms with Crippen molar-refractivity contribution in [2.45, 2.75) is 38.3 Å². The third-order valence-electron chi connectivity index (χ3n) is 4.98. The Bertz CT molecular complexity index is 1070. The highest BCUT2D eigenvalue weighted by atomic mass is 16.1. The van der Waals surface area contributed by atoms with E-state index >= 15 is 0 Å². The van der Waals surface area contributed by atoms with Gasteiger partial charge in [0.05, 0.1) is 5.52 Å². The average Bonchev–Trinajstić information content (AvgIpc) is 3.04. The molecule has 1 aromatic carbocycles. The maximum absolute atomic E-state index is 11.7. The molecular weight excluding hydrogens is 352 g/mol. The smallest absolute Gasteiger partial charge is 0.249 e. The molecule has 1 aliphatic rings. The molecule has 7 nitrogen and oxygen atoms in total. The van der Waals surface area contributed by atoms with Gasteiger partial charge in [0.1, 0.15) is 5.82 Å². The van der Waals surface area contributed by atoms with Gasteiger partial charge in [-0.05, 0) is 44.5 Å². The van der Waals surface area contributed by atoms with Gasteiger partial charge in [-0.1, -0.05) is 12.6 Å². The topological polar surface area (TPSA) is 97.9 Å². The minimum atomic E-state index is -0.442. The van der Waals surface area contributed by atoms with E-state index in [1.165, 1.54) is 0 Å². The van der Waals surface area contributed by atoms with Crippen LogP contribution < -0.4 is 16.4 Å². The molecule has 144 valence electrons. The van der Waals surface area contributed by atoms with E-state index < -0.39 is 5.91 Å². The third kappa shape index (κ3) is 3.43. The van der Waals surface area contributed by atoms with Gasteiger partial charge in [-0.15, -0.1) is 0 Å². The van der Waals surface area contributed by atoms with Crippen molar-refractivity contribution >= 4 is 22.8 Å². The number of nitrogens with one attached hydrogen (secondary N) is 2. The average molecular weight is 376 g/mol. The summed E-state index contributed by atoms with van der Waals surface area (Å²) in [5, 5.41) is 7.66. The lowest BCUT2D eigenvalue weighted by Gasteiger charge is -2.38. The molecule has 1 atom stereocenters. The van der Waals surface area contributed by atoms with Gasteiger partial charge in [-0.3, -0.25) is 4.79 Å². The van der Waals surface area contributed by atoms with Crippen LogP contribution in [-0.2, 0) is 0 Å². The van der Waals surface area contributed by atoms with E-state index in [9.17, 15) is 4.79 Å². The highest BCUT2D eigenvalue weighted by Gasteiger charge is 2.29. The summed E-state index contributed by atoms with van der Waals surface area (Å²) in [4.78, 5) is 20.7. The highest BCUT2D eigenvalue weighted by molar-refractivity contribution is 6.06. The van der Waals surface area contributed by atoms with Crippen LogP contribution in [0.25, 0.3) is 16.7 Å². The number of primary amides is 1. The second-order valence-electron chi connectivity index (χ2n) is 7.89. The van der Waals surface area contributed by atoms with Crippen molar-refractivity contribution in [1.82, 2.24) is 19.9 Å². The molecule has 4 rings (SSSR count). The summed E-state index contributed by atoms with van der Waals surface area (Å²) in [6, 6.07) is 9.42. The SMILES string of the molecule is C=C1CC(Nc2nccc(-n3ccc4c(C(N)=O)cccc43)n2)CC(C)(C)N1. The Morgan fingerprint density at radius 3 is 2.93 bits per heavy atom. The number of aromatic nitrogens is 3. The Morgan fingerprint density at radius 2 is 2.18 bits per heavy atom. The molecule has 28 heavy (non-hydrogen) atoms. The second-order valence-corrected chi connectivity index (χ2v) is 7.89. The zero-order chi connectivity index (χ0) is 19.9. The van der Waals surface area contributed by atoms with Gasteiger partial charge < -0.3 is 20.9 Å². The number of nitrogens with zero attached hydrogens (tertiary/aromatic N) is 3. The summed E-state index contributed by atoms with van der Waals surface area (Å²) >= 11 is 0. The zero-order valence-corrected chi connectivity index (χ0v) is 16.1. The first-order valence-electron chi connectivity index (χ1n) is 9.28. The van der Waals surface area contributed by atoms with E-state index in [-0.39, 0.29) is 11.6 Å². The minimum Gasteiger partial charge on any atom is -0.384 e. The van der Waals surface area contributed by atoms with Crippen LogP contribution in [-0.4, -0.2) is 32.0 Å².